The Hall–Kier alpha value is -2.43. The van der Waals surface area contributed by atoms with Crippen molar-refractivity contribution in [3.63, 3.8) is 0 Å². The number of rotatable bonds is 4. The molecule has 0 saturated carbocycles. The van der Waals surface area contributed by atoms with Gasteiger partial charge >= 0.3 is 0 Å². The van der Waals surface area contributed by atoms with Gasteiger partial charge in [-0.05, 0) is 42.1 Å². The number of benzene rings is 1. The molecule has 2 unspecified atom stereocenters. The lowest BCUT2D eigenvalue weighted by atomic mass is 10.1. The Morgan fingerprint density at radius 2 is 2.07 bits per heavy atom. The number of fused-ring (bicyclic) bond motifs is 2. The van der Waals surface area contributed by atoms with Crippen LogP contribution in [0.4, 0.5) is 0 Å². The van der Waals surface area contributed by atoms with Gasteiger partial charge in [-0.25, -0.2) is 4.98 Å². The monoisotopic (exact) mass is 422 g/mol. The summed E-state index contributed by atoms with van der Waals surface area (Å²) < 4.78 is 5.67. The molecule has 3 aliphatic rings. The fourth-order valence-electron chi connectivity index (χ4n) is 4.37. The minimum absolute atomic E-state index is 0.0501. The van der Waals surface area contributed by atoms with Gasteiger partial charge < -0.3 is 14.2 Å². The highest BCUT2D eigenvalue weighted by Crippen LogP contribution is 2.45. The Labute approximate surface area is 178 Å². The van der Waals surface area contributed by atoms with Crippen LogP contribution in [0.3, 0.4) is 0 Å². The molecule has 0 radical (unpaired) electrons. The second-order valence-corrected chi connectivity index (χ2v) is 9.47. The lowest BCUT2D eigenvalue weighted by molar-refractivity contribution is -0.123. The highest BCUT2D eigenvalue weighted by molar-refractivity contribution is 7.51. The van der Waals surface area contributed by atoms with E-state index in [1.165, 1.54) is 13.0 Å². The van der Waals surface area contributed by atoms with Crippen molar-refractivity contribution in [3.05, 3.63) is 59.8 Å². The first-order valence-electron chi connectivity index (χ1n) is 10.7. The highest BCUT2D eigenvalue weighted by Gasteiger charge is 2.30. The number of aryl methyl sites for hydroxylation is 1. The molecule has 2 aromatic rings. The van der Waals surface area contributed by atoms with Crippen LogP contribution in [-0.4, -0.2) is 64.1 Å². The van der Waals surface area contributed by atoms with E-state index in [0.717, 1.165) is 53.9 Å². The average molecular weight is 422 g/mol. The third kappa shape index (κ3) is 3.70. The number of aromatic nitrogens is 1. The molecule has 1 saturated heterocycles. The Morgan fingerprint density at radius 3 is 2.87 bits per heavy atom. The van der Waals surface area contributed by atoms with E-state index < -0.39 is 0 Å². The number of carbonyl (C=O) groups excluding carboxylic acids is 1. The summed E-state index contributed by atoms with van der Waals surface area (Å²) in [6.07, 6.45) is 9.42. The minimum atomic E-state index is 0.0501. The molecule has 30 heavy (non-hydrogen) atoms. The molecule has 1 fully saturated rings. The van der Waals surface area contributed by atoms with Crippen molar-refractivity contribution in [2.45, 2.75) is 26.1 Å². The first-order chi connectivity index (χ1) is 14.6. The number of nitrogens with zero attached hydrogens (tertiary/aromatic N) is 4. The number of hydrogen-bond donors (Lipinski definition) is 0. The van der Waals surface area contributed by atoms with Gasteiger partial charge in [0.05, 0.1) is 11.5 Å². The molecule has 1 aromatic carbocycles. The van der Waals surface area contributed by atoms with Gasteiger partial charge in [-0.15, -0.1) is 0 Å². The van der Waals surface area contributed by atoms with Gasteiger partial charge in [0.25, 0.3) is 5.91 Å². The molecule has 1 aromatic heterocycles. The van der Waals surface area contributed by atoms with Gasteiger partial charge in [0, 0.05) is 45.4 Å². The predicted octanol–water partition coefficient (Wildman–Crippen LogP) is 3.76. The maximum atomic E-state index is 13.0. The first-order valence-corrected chi connectivity index (χ1v) is 11.7. The summed E-state index contributed by atoms with van der Waals surface area (Å²) in [5, 5.41) is 1.08. The third-order valence-electron chi connectivity index (χ3n) is 5.93. The van der Waals surface area contributed by atoms with E-state index in [-0.39, 0.29) is 11.7 Å². The van der Waals surface area contributed by atoms with Crippen LogP contribution in [0.25, 0.3) is 16.4 Å². The smallest absolute Gasteiger partial charge is 0.252 e. The summed E-state index contributed by atoms with van der Waals surface area (Å²) in [5.74, 6) is 0.803. The van der Waals surface area contributed by atoms with Crippen molar-refractivity contribution in [2.24, 2.45) is 0 Å². The zero-order valence-corrected chi connectivity index (χ0v) is 18.5. The van der Waals surface area contributed by atoms with Gasteiger partial charge in [-0.2, -0.15) is 0 Å². The summed E-state index contributed by atoms with van der Waals surface area (Å²) in [6.45, 7) is 9.46. The molecular weight excluding hydrogens is 395 g/mol. The van der Waals surface area contributed by atoms with E-state index in [1.807, 2.05) is 36.2 Å². The molecule has 0 spiro atoms. The lowest BCUT2D eigenvalue weighted by Crippen LogP contribution is -2.47. The number of oxazole rings is 1. The van der Waals surface area contributed by atoms with Crippen LogP contribution in [0.5, 0.6) is 0 Å². The summed E-state index contributed by atoms with van der Waals surface area (Å²) in [4.78, 5) is 24.1. The number of carbonyl (C=O) groups is 1. The largest absolute Gasteiger partial charge is 0.441 e. The van der Waals surface area contributed by atoms with Crippen LogP contribution >= 0.6 is 8.58 Å². The quantitative estimate of drug-likeness (QED) is 0.703. The van der Waals surface area contributed by atoms with Gasteiger partial charge in [-0.1, -0.05) is 27.6 Å². The molecular formula is C23H27N4O2P. The molecule has 4 heterocycles. The number of allylic oxidation sites excluding steroid dienone is 1. The van der Waals surface area contributed by atoms with Gasteiger partial charge in [0.2, 0.25) is 0 Å². The topological polar surface area (TPSA) is 52.8 Å². The molecule has 6 nitrogen and oxygen atoms in total. The zero-order valence-electron chi connectivity index (χ0n) is 17.5. The van der Waals surface area contributed by atoms with Crippen LogP contribution in [0.15, 0.2) is 52.7 Å². The molecule has 1 amide bonds. The van der Waals surface area contributed by atoms with Crippen molar-refractivity contribution in [2.75, 3.05) is 32.7 Å². The van der Waals surface area contributed by atoms with Crippen LogP contribution in [0, 0.1) is 6.92 Å². The predicted molar refractivity (Wildman–Crippen MR) is 121 cm³/mol. The summed E-state index contributed by atoms with van der Waals surface area (Å²) in [7, 11) is 0.504. The van der Waals surface area contributed by atoms with Gasteiger partial charge in [0.15, 0.2) is 11.5 Å². The normalized spacial score (nSPS) is 23.1. The Bertz CT molecular complexity index is 1060. The summed E-state index contributed by atoms with van der Waals surface area (Å²) >= 11 is 0. The Morgan fingerprint density at radius 1 is 1.23 bits per heavy atom. The summed E-state index contributed by atoms with van der Waals surface area (Å²) in [5.41, 5.74) is 3.82. The molecule has 5 rings (SSSR count). The van der Waals surface area contributed by atoms with Crippen LogP contribution in [0.2, 0.25) is 0 Å². The number of amides is 1. The molecule has 0 bridgehead atoms. The second-order valence-electron chi connectivity index (χ2n) is 8.05. The Balaban J connectivity index is 1.33. The summed E-state index contributed by atoms with van der Waals surface area (Å²) in [6, 6.07) is 6.01. The van der Waals surface area contributed by atoms with E-state index in [4.69, 9.17) is 4.42 Å². The third-order valence-corrected chi connectivity index (χ3v) is 7.44. The standard InChI is InChI=1S/C23H27N4O2P/c1-3-8-25-9-11-26(12-10-25)18-5-7-23-27(15-18)22(28)14-21(30-23)17-4-6-19-20(13-17)29-16(2)24-19/h4-7,13-15,23,30H,3,8-12H2,1-2H3. The van der Waals surface area contributed by atoms with E-state index in [0.29, 0.717) is 14.5 Å². The highest BCUT2D eigenvalue weighted by atomic mass is 31.1. The van der Waals surface area contributed by atoms with E-state index >= 15 is 0 Å². The van der Waals surface area contributed by atoms with Crippen molar-refractivity contribution in [3.8, 4) is 0 Å². The molecule has 3 aliphatic heterocycles. The molecule has 0 N–H and O–H groups in total. The maximum Gasteiger partial charge on any atom is 0.252 e. The number of hydrogen-bond acceptors (Lipinski definition) is 5. The van der Waals surface area contributed by atoms with E-state index in [2.05, 4.69) is 33.9 Å². The molecule has 0 aliphatic carbocycles. The van der Waals surface area contributed by atoms with Crippen molar-refractivity contribution in [1.82, 2.24) is 19.7 Å². The first kappa shape index (κ1) is 19.5. The minimum Gasteiger partial charge on any atom is -0.441 e. The maximum absolute atomic E-state index is 13.0. The fraction of sp³-hybridized carbons (Fsp3) is 0.391. The fourth-order valence-corrected chi connectivity index (χ4v) is 5.75. The van der Waals surface area contributed by atoms with Crippen LogP contribution in [-0.2, 0) is 4.79 Å². The second kappa shape index (κ2) is 8.01. The van der Waals surface area contributed by atoms with Crippen molar-refractivity contribution >= 4 is 30.9 Å². The Kier molecular flexibility index (Phi) is 5.21. The average Bonchev–Trinajstić information content (AvgIpc) is 3.13. The van der Waals surface area contributed by atoms with Gasteiger partial charge in [0.1, 0.15) is 5.52 Å². The van der Waals surface area contributed by atoms with Crippen LogP contribution in [0.1, 0.15) is 24.8 Å². The molecule has 156 valence electrons. The lowest BCUT2D eigenvalue weighted by Gasteiger charge is -2.40. The zero-order chi connectivity index (χ0) is 20.7. The van der Waals surface area contributed by atoms with E-state index in [1.54, 1.807) is 6.08 Å². The van der Waals surface area contributed by atoms with Crippen LogP contribution < -0.4 is 0 Å². The number of piperazine rings is 1. The van der Waals surface area contributed by atoms with E-state index in [9.17, 15) is 4.79 Å². The van der Waals surface area contributed by atoms with Crippen molar-refractivity contribution < 1.29 is 9.21 Å². The molecule has 7 heteroatoms. The van der Waals surface area contributed by atoms with Gasteiger partial charge in [-0.3, -0.25) is 9.69 Å². The van der Waals surface area contributed by atoms with Crippen molar-refractivity contribution in [1.29, 1.82) is 0 Å². The SMILES string of the molecule is CCCN1CCN(C2=CN3C(=O)C=C(c4ccc5nc(C)oc5c4)PC3C=C2)CC1. The molecule has 2 atom stereocenters.